The molecule has 2 aliphatic rings. The van der Waals surface area contributed by atoms with Crippen molar-refractivity contribution in [3.63, 3.8) is 0 Å². The van der Waals surface area contributed by atoms with Gasteiger partial charge in [0, 0.05) is 51.5 Å². The zero-order valence-electron chi connectivity index (χ0n) is 16.1. The van der Waals surface area contributed by atoms with Gasteiger partial charge < -0.3 is 14.7 Å². The molecule has 2 aliphatic heterocycles. The Kier molecular flexibility index (Phi) is 6.76. The highest BCUT2D eigenvalue weighted by molar-refractivity contribution is 7.88. The van der Waals surface area contributed by atoms with E-state index in [1.54, 1.807) is 11.0 Å². The molecule has 1 aromatic carbocycles. The van der Waals surface area contributed by atoms with Gasteiger partial charge in [-0.2, -0.15) is 4.31 Å². The number of benzene rings is 1. The van der Waals surface area contributed by atoms with E-state index in [0.717, 1.165) is 12.2 Å². The summed E-state index contributed by atoms with van der Waals surface area (Å²) in [6.07, 6.45) is 1.18. The average molecular weight is 449 g/mol. The molecular weight excluding hydrogens is 423 g/mol. The molecule has 28 heavy (non-hydrogen) atoms. The van der Waals surface area contributed by atoms with Gasteiger partial charge in [0.05, 0.1) is 16.3 Å². The molecule has 156 valence electrons. The van der Waals surface area contributed by atoms with Crippen LogP contribution in [0.25, 0.3) is 0 Å². The summed E-state index contributed by atoms with van der Waals surface area (Å²) < 4.78 is 25.7. The minimum Gasteiger partial charge on any atom is -0.368 e. The molecule has 0 radical (unpaired) electrons. The van der Waals surface area contributed by atoms with Gasteiger partial charge in [0.1, 0.15) is 6.04 Å². The molecule has 2 saturated heterocycles. The van der Waals surface area contributed by atoms with E-state index in [9.17, 15) is 13.2 Å². The fourth-order valence-electron chi connectivity index (χ4n) is 3.79. The van der Waals surface area contributed by atoms with Crippen LogP contribution in [0.3, 0.4) is 0 Å². The van der Waals surface area contributed by atoms with Crippen molar-refractivity contribution in [3.05, 3.63) is 28.2 Å². The average Bonchev–Trinajstić information content (AvgIpc) is 2.68. The van der Waals surface area contributed by atoms with Crippen LogP contribution in [0, 0.1) is 0 Å². The number of hydrogen-bond acceptors (Lipinski definition) is 5. The number of hydrogen-bond donors (Lipinski definition) is 0. The first-order valence-electron chi connectivity index (χ1n) is 9.38. The highest BCUT2D eigenvalue weighted by Gasteiger charge is 2.39. The Hall–Kier alpha value is -1.06. The lowest BCUT2D eigenvalue weighted by molar-refractivity contribution is -0.137. The van der Waals surface area contributed by atoms with Crippen LogP contribution in [0.15, 0.2) is 18.2 Å². The standard InChI is InChI=1S/C18H26Cl2N4O3S/c1-3-21-6-11-24(28(2,26)27)17(13-21)18(25)23-9-7-22(8-10-23)14-4-5-15(19)16(20)12-14/h4-5,12,17H,3,6-11,13H2,1-2H3/t17-/m1/s1. The third-order valence-corrected chi connectivity index (χ3v) is 7.46. The maximum atomic E-state index is 13.1. The normalized spacial score (nSPS) is 22.5. The summed E-state index contributed by atoms with van der Waals surface area (Å²) in [6, 6.07) is 4.85. The maximum absolute atomic E-state index is 13.1. The zero-order valence-corrected chi connectivity index (χ0v) is 18.5. The lowest BCUT2D eigenvalue weighted by atomic mass is 10.1. The highest BCUT2D eigenvalue weighted by Crippen LogP contribution is 2.28. The van der Waals surface area contributed by atoms with Gasteiger partial charge in [0.15, 0.2) is 0 Å². The number of anilines is 1. The minimum atomic E-state index is -3.43. The van der Waals surface area contributed by atoms with E-state index in [1.165, 1.54) is 10.6 Å². The van der Waals surface area contributed by atoms with Crippen molar-refractivity contribution >= 4 is 44.8 Å². The van der Waals surface area contributed by atoms with Gasteiger partial charge in [-0.05, 0) is 24.7 Å². The zero-order chi connectivity index (χ0) is 20.5. The molecule has 1 atom stereocenters. The fraction of sp³-hybridized carbons (Fsp3) is 0.611. The first kappa shape index (κ1) is 21.6. The van der Waals surface area contributed by atoms with E-state index in [2.05, 4.69) is 9.80 Å². The number of likely N-dealkylation sites (N-methyl/N-ethyl adjacent to an activating group) is 1. The number of nitrogens with zero attached hydrogens (tertiary/aromatic N) is 4. The van der Waals surface area contributed by atoms with Crippen LogP contribution >= 0.6 is 23.2 Å². The molecule has 0 unspecified atom stereocenters. The van der Waals surface area contributed by atoms with Crippen LogP contribution in [0.1, 0.15) is 6.92 Å². The van der Waals surface area contributed by atoms with Gasteiger partial charge in [0.25, 0.3) is 0 Å². The molecule has 10 heteroatoms. The second-order valence-corrected chi connectivity index (χ2v) is 9.94. The van der Waals surface area contributed by atoms with Crippen LogP contribution in [-0.2, 0) is 14.8 Å². The molecule has 0 aliphatic carbocycles. The maximum Gasteiger partial charge on any atom is 0.242 e. The predicted octanol–water partition coefficient (Wildman–Crippen LogP) is 1.61. The molecule has 2 heterocycles. The number of rotatable bonds is 4. The van der Waals surface area contributed by atoms with Gasteiger partial charge in [-0.3, -0.25) is 4.79 Å². The Morgan fingerprint density at radius 2 is 1.75 bits per heavy atom. The fourth-order valence-corrected chi connectivity index (χ4v) is 5.11. The summed E-state index contributed by atoms with van der Waals surface area (Å²) >= 11 is 12.1. The Labute approximate surface area is 176 Å². The van der Waals surface area contributed by atoms with Gasteiger partial charge in [-0.15, -0.1) is 0 Å². The quantitative estimate of drug-likeness (QED) is 0.699. The molecule has 0 spiro atoms. The number of sulfonamides is 1. The van der Waals surface area contributed by atoms with Crippen molar-refractivity contribution in [2.45, 2.75) is 13.0 Å². The van der Waals surface area contributed by atoms with Crippen molar-refractivity contribution in [3.8, 4) is 0 Å². The lowest BCUT2D eigenvalue weighted by Gasteiger charge is -2.43. The molecule has 1 aromatic rings. The van der Waals surface area contributed by atoms with E-state index in [4.69, 9.17) is 23.2 Å². The smallest absolute Gasteiger partial charge is 0.242 e. The summed E-state index contributed by atoms with van der Waals surface area (Å²) in [5.41, 5.74) is 0.967. The Morgan fingerprint density at radius 1 is 1.07 bits per heavy atom. The summed E-state index contributed by atoms with van der Waals surface area (Å²) in [7, 11) is -3.43. The molecule has 2 fully saturated rings. The van der Waals surface area contributed by atoms with E-state index in [0.29, 0.717) is 55.9 Å². The van der Waals surface area contributed by atoms with Crippen molar-refractivity contribution in [2.24, 2.45) is 0 Å². The first-order chi connectivity index (χ1) is 13.2. The summed E-state index contributed by atoms with van der Waals surface area (Å²) in [6.45, 7) is 6.67. The monoisotopic (exact) mass is 448 g/mol. The molecular formula is C18H26Cl2N4O3S. The molecule has 7 nitrogen and oxygen atoms in total. The van der Waals surface area contributed by atoms with Gasteiger partial charge >= 0.3 is 0 Å². The third-order valence-electron chi connectivity index (χ3n) is 5.43. The number of carbonyl (C=O) groups excluding carboxylic acids is 1. The Balaban J connectivity index is 1.68. The molecule has 3 rings (SSSR count). The summed E-state index contributed by atoms with van der Waals surface area (Å²) in [4.78, 5) is 19.2. The summed E-state index contributed by atoms with van der Waals surface area (Å²) in [5.74, 6) is -0.114. The third kappa shape index (κ3) is 4.74. The molecule has 0 N–H and O–H groups in total. The largest absolute Gasteiger partial charge is 0.368 e. The number of piperazine rings is 2. The number of amides is 1. The van der Waals surface area contributed by atoms with Gasteiger partial charge in [0.2, 0.25) is 15.9 Å². The second kappa shape index (κ2) is 8.75. The minimum absolute atomic E-state index is 0.114. The molecule has 0 saturated carbocycles. The van der Waals surface area contributed by atoms with E-state index >= 15 is 0 Å². The van der Waals surface area contributed by atoms with Crippen molar-refractivity contribution < 1.29 is 13.2 Å². The number of halogens is 2. The topological polar surface area (TPSA) is 64.2 Å². The second-order valence-electron chi connectivity index (χ2n) is 7.19. The van der Waals surface area contributed by atoms with Crippen molar-refractivity contribution in [2.75, 3.05) is 63.5 Å². The Morgan fingerprint density at radius 3 is 2.32 bits per heavy atom. The number of carbonyl (C=O) groups is 1. The highest BCUT2D eigenvalue weighted by atomic mass is 35.5. The van der Waals surface area contributed by atoms with E-state index in [-0.39, 0.29) is 5.91 Å². The van der Waals surface area contributed by atoms with Crippen LogP contribution in [0.4, 0.5) is 5.69 Å². The van der Waals surface area contributed by atoms with Gasteiger partial charge in [-0.1, -0.05) is 30.1 Å². The SMILES string of the molecule is CCN1CCN(S(C)(=O)=O)[C@@H](C(=O)N2CCN(c3ccc(Cl)c(Cl)c3)CC2)C1. The molecule has 0 aromatic heterocycles. The van der Waals surface area contributed by atoms with Crippen LogP contribution in [-0.4, -0.2) is 93.1 Å². The molecule has 1 amide bonds. The van der Waals surface area contributed by atoms with E-state index < -0.39 is 16.1 Å². The van der Waals surface area contributed by atoms with Crippen LogP contribution < -0.4 is 4.90 Å². The predicted molar refractivity (Wildman–Crippen MR) is 113 cm³/mol. The van der Waals surface area contributed by atoms with Crippen LogP contribution in [0.5, 0.6) is 0 Å². The first-order valence-corrected chi connectivity index (χ1v) is 12.0. The molecule has 0 bridgehead atoms. The Bertz CT molecular complexity index is 828. The van der Waals surface area contributed by atoms with Crippen molar-refractivity contribution in [1.29, 1.82) is 0 Å². The lowest BCUT2D eigenvalue weighted by Crippen LogP contribution is -2.62. The van der Waals surface area contributed by atoms with Crippen LogP contribution in [0.2, 0.25) is 10.0 Å². The van der Waals surface area contributed by atoms with Gasteiger partial charge in [-0.25, -0.2) is 8.42 Å². The summed E-state index contributed by atoms with van der Waals surface area (Å²) in [5, 5.41) is 1.02. The van der Waals surface area contributed by atoms with E-state index in [1.807, 2.05) is 19.1 Å². The van der Waals surface area contributed by atoms with Crippen molar-refractivity contribution in [1.82, 2.24) is 14.1 Å².